The standard InChI is InChI=1S/C8H7F3N2O2/c9-8(10,11)4-1-5(12)3-6(2-4)13-7(14)15/h1-3,13H,12H2,(H,14,15). The summed E-state index contributed by atoms with van der Waals surface area (Å²) in [5.41, 5.74) is 3.83. The molecule has 15 heavy (non-hydrogen) atoms. The van der Waals surface area contributed by atoms with Gasteiger partial charge in [0.1, 0.15) is 0 Å². The van der Waals surface area contributed by atoms with Crippen LogP contribution in [-0.4, -0.2) is 11.2 Å². The molecule has 0 aliphatic rings. The summed E-state index contributed by atoms with van der Waals surface area (Å²) in [7, 11) is 0. The molecule has 0 atom stereocenters. The van der Waals surface area contributed by atoms with E-state index in [9.17, 15) is 18.0 Å². The van der Waals surface area contributed by atoms with E-state index in [2.05, 4.69) is 0 Å². The summed E-state index contributed by atoms with van der Waals surface area (Å²) >= 11 is 0. The van der Waals surface area contributed by atoms with Gasteiger partial charge >= 0.3 is 12.3 Å². The summed E-state index contributed by atoms with van der Waals surface area (Å²) in [6.45, 7) is 0. The number of alkyl halides is 3. The maximum absolute atomic E-state index is 12.3. The molecule has 0 radical (unpaired) electrons. The summed E-state index contributed by atoms with van der Waals surface area (Å²) in [6, 6.07) is 2.50. The fraction of sp³-hybridized carbons (Fsp3) is 0.125. The van der Waals surface area contributed by atoms with Crippen molar-refractivity contribution in [2.24, 2.45) is 0 Å². The Bertz CT molecular complexity index is 390. The van der Waals surface area contributed by atoms with Crippen LogP contribution < -0.4 is 11.1 Å². The Labute approximate surface area is 82.5 Å². The molecular formula is C8H7F3N2O2. The molecule has 1 rings (SSSR count). The largest absolute Gasteiger partial charge is 0.465 e. The lowest BCUT2D eigenvalue weighted by atomic mass is 10.1. The van der Waals surface area contributed by atoms with Crippen LogP contribution in [0, 0.1) is 0 Å². The number of benzene rings is 1. The number of nitrogen functional groups attached to an aromatic ring is 1. The van der Waals surface area contributed by atoms with Gasteiger partial charge in [0.15, 0.2) is 0 Å². The minimum absolute atomic E-state index is 0.159. The number of carboxylic acid groups (broad SMARTS) is 1. The van der Waals surface area contributed by atoms with Crippen LogP contribution in [0.3, 0.4) is 0 Å². The van der Waals surface area contributed by atoms with Crippen molar-refractivity contribution >= 4 is 17.5 Å². The molecule has 4 N–H and O–H groups in total. The first-order chi connectivity index (χ1) is 6.79. The third-order valence-electron chi connectivity index (χ3n) is 1.53. The summed E-state index contributed by atoms with van der Waals surface area (Å²) in [6.07, 6.45) is -6.00. The molecule has 0 unspecified atom stereocenters. The Balaban J connectivity index is 3.11. The van der Waals surface area contributed by atoms with Crippen LogP contribution in [0.25, 0.3) is 0 Å². The quantitative estimate of drug-likeness (QED) is 0.636. The predicted octanol–water partition coefficient (Wildman–Crippen LogP) is 2.38. The first kappa shape index (κ1) is 11.2. The van der Waals surface area contributed by atoms with Crippen LogP contribution in [-0.2, 0) is 6.18 Å². The van der Waals surface area contributed by atoms with E-state index in [1.54, 1.807) is 5.32 Å². The number of rotatable bonds is 1. The van der Waals surface area contributed by atoms with E-state index in [1.165, 1.54) is 0 Å². The molecule has 1 amide bonds. The van der Waals surface area contributed by atoms with Gasteiger partial charge in [0.05, 0.1) is 5.56 Å². The van der Waals surface area contributed by atoms with Gasteiger partial charge in [-0.25, -0.2) is 4.79 Å². The minimum atomic E-state index is -4.55. The molecule has 7 heteroatoms. The number of nitrogens with two attached hydrogens (primary N) is 1. The molecule has 0 aliphatic heterocycles. The maximum atomic E-state index is 12.3. The van der Waals surface area contributed by atoms with Gasteiger partial charge in [0.25, 0.3) is 0 Å². The van der Waals surface area contributed by atoms with Crippen molar-refractivity contribution in [1.82, 2.24) is 0 Å². The average molecular weight is 220 g/mol. The summed E-state index contributed by atoms with van der Waals surface area (Å²) in [4.78, 5) is 10.2. The van der Waals surface area contributed by atoms with Crippen molar-refractivity contribution in [2.75, 3.05) is 11.1 Å². The molecule has 82 valence electrons. The molecular weight excluding hydrogens is 213 g/mol. The van der Waals surface area contributed by atoms with Gasteiger partial charge in [-0.2, -0.15) is 13.2 Å². The maximum Gasteiger partial charge on any atom is 0.416 e. The Morgan fingerprint density at radius 2 is 1.93 bits per heavy atom. The third-order valence-corrected chi connectivity index (χ3v) is 1.53. The number of halogens is 3. The fourth-order valence-corrected chi connectivity index (χ4v) is 1.01. The van der Waals surface area contributed by atoms with E-state index in [0.29, 0.717) is 6.07 Å². The molecule has 0 fully saturated rings. The molecule has 0 spiro atoms. The molecule has 0 bridgehead atoms. The fourth-order valence-electron chi connectivity index (χ4n) is 1.01. The van der Waals surface area contributed by atoms with Crippen molar-refractivity contribution in [3.05, 3.63) is 23.8 Å². The second kappa shape index (κ2) is 3.68. The van der Waals surface area contributed by atoms with Gasteiger partial charge in [-0.05, 0) is 18.2 Å². The van der Waals surface area contributed by atoms with Crippen LogP contribution in [0.1, 0.15) is 5.56 Å². The monoisotopic (exact) mass is 220 g/mol. The highest BCUT2D eigenvalue weighted by Gasteiger charge is 2.31. The zero-order chi connectivity index (χ0) is 11.6. The van der Waals surface area contributed by atoms with Gasteiger partial charge < -0.3 is 10.8 Å². The Hall–Kier alpha value is -1.92. The lowest BCUT2D eigenvalue weighted by Gasteiger charge is -2.09. The van der Waals surface area contributed by atoms with Crippen LogP contribution in [0.5, 0.6) is 0 Å². The average Bonchev–Trinajstić information content (AvgIpc) is 1.99. The van der Waals surface area contributed by atoms with Crippen molar-refractivity contribution in [3.8, 4) is 0 Å². The highest BCUT2D eigenvalue weighted by atomic mass is 19.4. The van der Waals surface area contributed by atoms with Crippen molar-refractivity contribution < 1.29 is 23.1 Å². The smallest absolute Gasteiger partial charge is 0.416 e. The normalized spacial score (nSPS) is 11.1. The number of hydrogen-bond acceptors (Lipinski definition) is 2. The molecule has 0 heterocycles. The Morgan fingerprint density at radius 1 is 1.33 bits per heavy atom. The molecule has 0 aliphatic carbocycles. The number of anilines is 2. The Kier molecular flexibility index (Phi) is 2.74. The van der Waals surface area contributed by atoms with Gasteiger partial charge in [-0.15, -0.1) is 0 Å². The second-order valence-electron chi connectivity index (χ2n) is 2.77. The van der Waals surface area contributed by atoms with Crippen molar-refractivity contribution in [1.29, 1.82) is 0 Å². The zero-order valence-electron chi connectivity index (χ0n) is 7.30. The highest BCUT2D eigenvalue weighted by molar-refractivity contribution is 5.83. The van der Waals surface area contributed by atoms with E-state index in [0.717, 1.165) is 12.1 Å². The molecule has 1 aromatic rings. The van der Waals surface area contributed by atoms with Crippen molar-refractivity contribution in [3.63, 3.8) is 0 Å². The predicted molar refractivity (Wildman–Crippen MR) is 47.5 cm³/mol. The van der Waals surface area contributed by atoms with Crippen LogP contribution >= 0.6 is 0 Å². The van der Waals surface area contributed by atoms with Gasteiger partial charge in [-0.1, -0.05) is 0 Å². The van der Waals surface area contributed by atoms with Crippen LogP contribution in [0.2, 0.25) is 0 Å². The van der Waals surface area contributed by atoms with Gasteiger partial charge in [0.2, 0.25) is 0 Å². The van der Waals surface area contributed by atoms with E-state index >= 15 is 0 Å². The summed E-state index contributed by atoms with van der Waals surface area (Å²) < 4.78 is 36.8. The number of nitrogens with one attached hydrogen (secondary N) is 1. The first-order valence-electron chi connectivity index (χ1n) is 3.77. The second-order valence-corrected chi connectivity index (χ2v) is 2.77. The zero-order valence-corrected chi connectivity index (χ0v) is 7.30. The summed E-state index contributed by atoms with van der Waals surface area (Å²) in [5.74, 6) is 0. The lowest BCUT2D eigenvalue weighted by Crippen LogP contribution is -2.11. The lowest BCUT2D eigenvalue weighted by molar-refractivity contribution is -0.137. The number of carbonyl (C=O) groups is 1. The van der Waals surface area contributed by atoms with Crippen LogP contribution in [0.15, 0.2) is 18.2 Å². The third kappa shape index (κ3) is 3.04. The Morgan fingerprint density at radius 3 is 2.40 bits per heavy atom. The molecule has 0 aromatic heterocycles. The van der Waals surface area contributed by atoms with E-state index < -0.39 is 17.8 Å². The SMILES string of the molecule is Nc1cc(NC(=O)O)cc(C(F)(F)F)c1. The van der Waals surface area contributed by atoms with E-state index in [4.69, 9.17) is 10.8 Å². The minimum Gasteiger partial charge on any atom is -0.465 e. The van der Waals surface area contributed by atoms with Gasteiger partial charge in [-0.3, -0.25) is 5.32 Å². The van der Waals surface area contributed by atoms with Crippen LogP contribution in [0.4, 0.5) is 29.3 Å². The molecule has 0 saturated carbocycles. The topological polar surface area (TPSA) is 75.3 Å². The molecule has 1 aromatic carbocycles. The van der Waals surface area contributed by atoms with E-state index in [-0.39, 0.29) is 11.4 Å². The molecule has 4 nitrogen and oxygen atoms in total. The first-order valence-corrected chi connectivity index (χ1v) is 3.77. The molecule has 0 saturated heterocycles. The van der Waals surface area contributed by atoms with E-state index in [1.807, 2.05) is 0 Å². The number of hydrogen-bond donors (Lipinski definition) is 3. The summed E-state index contributed by atoms with van der Waals surface area (Å²) in [5, 5.41) is 10.1. The highest BCUT2D eigenvalue weighted by Crippen LogP contribution is 2.32. The number of amides is 1. The van der Waals surface area contributed by atoms with Gasteiger partial charge in [0, 0.05) is 11.4 Å². The van der Waals surface area contributed by atoms with Crippen molar-refractivity contribution in [2.45, 2.75) is 6.18 Å².